The molecule has 1 aliphatic heterocycles. The Labute approximate surface area is 156 Å². The Kier molecular flexibility index (Phi) is 4.22. The summed E-state index contributed by atoms with van der Waals surface area (Å²) < 4.78 is 4.95. The fourth-order valence-corrected chi connectivity index (χ4v) is 4.40. The SMILES string of the molecule is COC(=O)c1cccc2c1N[C@H](c1cccc(Cl)c1Cl)[C@@H]1CC=C[C@@H]21. The number of anilines is 1. The number of benzene rings is 2. The second kappa shape index (κ2) is 6.40. The van der Waals surface area contributed by atoms with Crippen LogP contribution in [-0.4, -0.2) is 13.1 Å². The van der Waals surface area contributed by atoms with E-state index in [9.17, 15) is 4.79 Å². The number of allylic oxidation sites excluding steroid dienone is 2. The van der Waals surface area contributed by atoms with E-state index in [0.717, 1.165) is 23.2 Å². The van der Waals surface area contributed by atoms with Crippen LogP contribution in [0.3, 0.4) is 0 Å². The molecule has 3 atom stereocenters. The van der Waals surface area contributed by atoms with Crippen molar-refractivity contribution < 1.29 is 9.53 Å². The molecule has 5 heteroatoms. The van der Waals surface area contributed by atoms with E-state index < -0.39 is 0 Å². The molecule has 2 aliphatic rings. The molecule has 4 rings (SSSR count). The van der Waals surface area contributed by atoms with Crippen molar-refractivity contribution >= 4 is 34.9 Å². The lowest BCUT2D eigenvalue weighted by molar-refractivity contribution is 0.0601. The molecule has 3 nitrogen and oxygen atoms in total. The second-order valence-electron chi connectivity index (χ2n) is 6.38. The lowest BCUT2D eigenvalue weighted by Crippen LogP contribution is -2.30. The number of rotatable bonds is 2. The Hall–Kier alpha value is -1.97. The number of para-hydroxylation sites is 1. The van der Waals surface area contributed by atoms with E-state index in [1.165, 1.54) is 7.11 Å². The van der Waals surface area contributed by atoms with Gasteiger partial charge in [0.15, 0.2) is 0 Å². The van der Waals surface area contributed by atoms with Crippen LogP contribution < -0.4 is 5.32 Å². The highest BCUT2D eigenvalue weighted by Crippen LogP contribution is 2.52. The molecular formula is C20H17Cl2NO2. The van der Waals surface area contributed by atoms with Gasteiger partial charge in [0, 0.05) is 5.92 Å². The zero-order valence-corrected chi connectivity index (χ0v) is 15.1. The molecule has 0 radical (unpaired) electrons. The number of halogens is 2. The van der Waals surface area contributed by atoms with Crippen LogP contribution in [0.5, 0.6) is 0 Å². The van der Waals surface area contributed by atoms with Crippen LogP contribution in [0.4, 0.5) is 5.69 Å². The highest BCUT2D eigenvalue weighted by atomic mass is 35.5. The molecule has 1 aliphatic carbocycles. The first-order valence-corrected chi connectivity index (χ1v) is 8.95. The quantitative estimate of drug-likeness (QED) is 0.549. The van der Waals surface area contributed by atoms with Crippen molar-refractivity contribution in [1.82, 2.24) is 0 Å². The molecule has 2 aromatic carbocycles. The van der Waals surface area contributed by atoms with Gasteiger partial charge in [0.25, 0.3) is 0 Å². The van der Waals surface area contributed by atoms with E-state index in [-0.39, 0.29) is 17.9 Å². The molecule has 25 heavy (non-hydrogen) atoms. The Morgan fingerprint density at radius 3 is 2.72 bits per heavy atom. The Morgan fingerprint density at radius 2 is 1.92 bits per heavy atom. The molecule has 0 saturated carbocycles. The zero-order valence-electron chi connectivity index (χ0n) is 13.6. The fourth-order valence-electron chi connectivity index (χ4n) is 3.97. The van der Waals surface area contributed by atoms with Crippen molar-refractivity contribution in [3.63, 3.8) is 0 Å². The molecular weight excluding hydrogens is 357 g/mol. The molecule has 0 aromatic heterocycles. The topological polar surface area (TPSA) is 38.3 Å². The van der Waals surface area contributed by atoms with E-state index in [4.69, 9.17) is 27.9 Å². The minimum Gasteiger partial charge on any atom is -0.465 e. The third-order valence-electron chi connectivity index (χ3n) is 5.12. The minimum absolute atomic E-state index is 0.0236. The lowest BCUT2D eigenvalue weighted by atomic mass is 9.76. The first-order chi connectivity index (χ1) is 12.1. The van der Waals surface area contributed by atoms with Crippen LogP contribution in [0.25, 0.3) is 0 Å². The van der Waals surface area contributed by atoms with Gasteiger partial charge in [-0.2, -0.15) is 0 Å². The maximum atomic E-state index is 12.2. The van der Waals surface area contributed by atoms with Gasteiger partial charge in [-0.05, 0) is 35.6 Å². The first-order valence-electron chi connectivity index (χ1n) is 8.20. The summed E-state index contributed by atoms with van der Waals surface area (Å²) in [7, 11) is 1.40. The average molecular weight is 374 g/mol. The molecule has 1 N–H and O–H groups in total. The maximum absolute atomic E-state index is 12.2. The van der Waals surface area contributed by atoms with Crippen molar-refractivity contribution in [3.8, 4) is 0 Å². The third-order valence-corrected chi connectivity index (χ3v) is 5.95. The summed E-state index contributed by atoms with van der Waals surface area (Å²) in [6.45, 7) is 0. The van der Waals surface area contributed by atoms with Gasteiger partial charge in [-0.15, -0.1) is 0 Å². The van der Waals surface area contributed by atoms with Gasteiger partial charge in [0.05, 0.1) is 34.4 Å². The van der Waals surface area contributed by atoms with E-state index in [1.54, 1.807) is 12.1 Å². The summed E-state index contributed by atoms with van der Waals surface area (Å²) in [6, 6.07) is 11.4. The van der Waals surface area contributed by atoms with Crippen molar-refractivity contribution in [2.75, 3.05) is 12.4 Å². The number of ether oxygens (including phenoxy) is 1. The van der Waals surface area contributed by atoms with Gasteiger partial charge in [0.1, 0.15) is 0 Å². The summed E-state index contributed by atoms with van der Waals surface area (Å²) in [5.74, 6) is 0.220. The highest BCUT2D eigenvalue weighted by Gasteiger charge is 2.40. The molecule has 128 valence electrons. The largest absolute Gasteiger partial charge is 0.465 e. The van der Waals surface area contributed by atoms with Crippen LogP contribution >= 0.6 is 23.2 Å². The number of hydrogen-bond acceptors (Lipinski definition) is 3. The monoisotopic (exact) mass is 373 g/mol. The molecule has 0 fully saturated rings. The molecule has 0 saturated heterocycles. The predicted molar refractivity (Wildman–Crippen MR) is 101 cm³/mol. The molecule has 0 amide bonds. The van der Waals surface area contributed by atoms with Crippen LogP contribution in [0, 0.1) is 5.92 Å². The number of nitrogens with one attached hydrogen (secondary N) is 1. The van der Waals surface area contributed by atoms with Gasteiger partial charge < -0.3 is 10.1 Å². The number of carbonyl (C=O) groups excluding carboxylic acids is 1. The lowest BCUT2D eigenvalue weighted by Gasteiger charge is -2.38. The number of carbonyl (C=O) groups is 1. The Bertz CT molecular complexity index is 878. The summed E-state index contributed by atoms with van der Waals surface area (Å²) in [5, 5.41) is 4.65. The summed E-state index contributed by atoms with van der Waals surface area (Å²) in [4.78, 5) is 12.2. The van der Waals surface area contributed by atoms with E-state index in [0.29, 0.717) is 21.5 Å². The number of hydrogen-bond donors (Lipinski definition) is 1. The van der Waals surface area contributed by atoms with Gasteiger partial charge in [0.2, 0.25) is 0 Å². The van der Waals surface area contributed by atoms with Crippen LogP contribution in [-0.2, 0) is 4.74 Å². The van der Waals surface area contributed by atoms with Crippen LogP contribution in [0.15, 0.2) is 48.6 Å². The fraction of sp³-hybridized carbons (Fsp3) is 0.250. The van der Waals surface area contributed by atoms with Gasteiger partial charge in [-0.25, -0.2) is 4.79 Å². The van der Waals surface area contributed by atoms with Crippen molar-refractivity contribution in [1.29, 1.82) is 0 Å². The number of fused-ring (bicyclic) bond motifs is 3. The van der Waals surface area contributed by atoms with Gasteiger partial charge >= 0.3 is 5.97 Å². The molecule has 2 aromatic rings. The highest BCUT2D eigenvalue weighted by molar-refractivity contribution is 6.42. The molecule has 0 bridgehead atoms. The van der Waals surface area contributed by atoms with Gasteiger partial charge in [-0.1, -0.05) is 59.6 Å². The first kappa shape index (κ1) is 16.5. The van der Waals surface area contributed by atoms with Gasteiger partial charge in [-0.3, -0.25) is 0 Å². The Balaban J connectivity index is 1.86. The van der Waals surface area contributed by atoms with Crippen molar-refractivity contribution in [3.05, 3.63) is 75.3 Å². The summed E-state index contributed by atoms with van der Waals surface area (Å²) in [6.07, 6.45) is 5.37. The second-order valence-corrected chi connectivity index (χ2v) is 7.17. The van der Waals surface area contributed by atoms with E-state index >= 15 is 0 Å². The molecule has 1 heterocycles. The predicted octanol–water partition coefficient (Wildman–Crippen LogP) is 5.61. The standard InChI is InChI=1S/C20H17Cl2NO2/c1-25-20(24)15-9-3-7-13-11-5-2-6-12(11)18(23-19(13)15)14-8-4-10-16(21)17(14)22/h2-5,7-12,18,23H,6H2,1H3/t11-,12-,18+/m1/s1. The Morgan fingerprint density at radius 1 is 1.16 bits per heavy atom. The minimum atomic E-state index is -0.347. The number of methoxy groups -OCH3 is 1. The summed E-state index contributed by atoms with van der Waals surface area (Å²) in [5.41, 5.74) is 3.44. The van der Waals surface area contributed by atoms with Crippen molar-refractivity contribution in [2.45, 2.75) is 18.4 Å². The van der Waals surface area contributed by atoms with Crippen LogP contribution in [0.1, 0.15) is 39.9 Å². The number of esters is 1. The maximum Gasteiger partial charge on any atom is 0.339 e. The van der Waals surface area contributed by atoms with Crippen molar-refractivity contribution in [2.24, 2.45) is 5.92 Å². The molecule has 0 spiro atoms. The van der Waals surface area contributed by atoms with E-state index in [1.807, 2.05) is 18.2 Å². The normalized spacial score (nSPS) is 23.6. The van der Waals surface area contributed by atoms with Crippen LogP contribution in [0.2, 0.25) is 10.0 Å². The summed E-state index contributed by atoms with van der Waals surface area (Å²) >= 11 is 12.7. The average Bonchev–Trinajstić information content (AvgIpc) is 3.12. The third kappa shape index (κ3) is 2.62. The smallest absolute Gasteiger partial charge is 0.339 e. The molecule has 0 unspecified atom stereocenters. The van der Waals surface area contributed by atoms with E-state index in [2.05, 4.69) is 23.5 Å². The zero-order chi connectivity index (χ0) is 17.6.